The van der Waals surface area contributed by atoms with Gasteiger partial charge in [0.25, 0.3) is 0 Å². The lowest BCUT2D eigenvalue weighted by atomic mass is 9.79. The molecule has 1 aliphatic carbocycles. The van der Waals surface area contributed by atoms with Gasteiger partial charge in [0.15, 0.2) is 0 Å². The molecule has 0 bridgehead atoms. The molecule has 2 aromatic heterocycles. The molecular formula is C17H24N4. The SMILES string of the molecule is CC1CCC(NCc2cn[nH]c2-c2cccnc2)CC1C. The maximum atomic E-state index is 4.20. The van der Waals surface area contributed by atoms with Crippen molar-refractivity contribution < 1.29 is 0 Å². The van der Waals surface area contributed by atoms with Crippen LogP contribution < -0.4 is 5.32 Å². The van der Waals surface area contributed by atoms with E-state index in [9.17, 15) is 0 Å². The lowest BCUT2D eigenvalue weighted by Gasteiger charge is -2.32. The summed E-state index contributed by atoms with van der Waals surface area (Å²) in [7, 11) is 0. The van der Waals surface area contributed by atoms with Crippen LogP contribution in [0.15, 0.2) is 30.7 Å². The second-order valence-electron chi connectivity index (χ2n) is 6.36. The normalized spacial score (nSPS) is 25.9. The van der Waals surface area contributed by atoms with E-state index in [1.165, 1.54) is 24.8 Å². The van der Waals surface area contributed by atoms with E-state index in [0.717, 1.165) is 29.6 Å². The molecule has 4 nitrogen and oxygen atoms in total. The number of nitrogens with zero attached hydrogens (tertiary/aromatic N) is 2. The Balaban J connectivity index is 1.63. The molecule has 112 valence electrons. The highest BCUT2D eigenvalue weighted by molar-refractivity contribution is 5.61. The minimum Gasteiger partial charge on any atom is -0.310 e. The summed E-state index contributed by atoms with van der Waals surface area (Å²) in [5, 5.41) is 11.0. The minimum absolute atomic E-state index is 0.632. The Morgan fingerprint density at radius 3 is 2.90 bits per heavy atom. The van der Waals surface area contributed by atoms with Gasteiger partial charge in [-0.1, -0.05) is 13.8 Å². The molecule has 3 rings (SSSR count). The van der Waals surface area contributed by atoms with Crippen molar-refractivity contribution >= 4 is 0 Å². The number of aromatic amines is 1. The van der Waals surface area contributed by atoms with E-state index in [1.54, 1.807) is 6.20 Å². The first-order valence-electron chi connectivity index (χ1n) is 7.90. The summed E-state index contributed by atoms with van der Waals surface area (Å²) in [5.41, 5.74) is 3.39. The molecule has 1 fully saturated rings. The molecule has 2 aromatic rings. The molecule has 1 saturated carbocycles. The molecule has 0 radical (unpaired) electrons. The van der Waals surface area contributed by atoms with Crippen molar-refractivity contribution in [3.63, 3.8) is 0 Å². The maximum absolute atomic E-state index is 4.20. The predicted molar refractivity (Wildman–Crippen MR) is 84.6 cm³/mol. The number of hydrogen-bond acceptors (Lipinski definition) is 3. The fourth-order valence-corrected chi connectivity index (χ4v) is 3.19. The van der Waals surface area contributed by atoms with Gasteiger partial charge < -0.3 is 5.32 Å². The van der Waals surface area contributed by atoms with Gasteiger partial charge in [0.05, 0.1) is 11.9 Å². The van der Waals surface area contributed by atoms with E-state index in [0.29, 0.717) is 6.04 Å². The van der Waals surface area contributed by atoms with E-state index < -0.39 is 0 Å². The van der Waals surface area contributed by atoms with Gasteiger partial charge in [-0.05, 0) is 43.2 Å². The maximum Gasteiger partial charge on any atom is 0.0710 e. The molecule has 0 saturated heterocycles. The number of aromatic nitrogens is 3. The number of rotatable bonds is 4. The van der Waals surface area contributed by atoms with Crippen LogP contribution in [-0.2, 0) is 6.54 Å². The monoisotopic (exact) mass is 284 g/mol. The molecule has 3 atom stereocenters. The van der Waals surface area contributed by atoms with Crippen LogP contribution >= 0.6 is 0 Å². The average molecular weight is 284 g/mol. The number of hydrogen-bond donors (Lipinski definition) is 2. The first-order valence-corrected chi connectivity index (χ1v) is 7.90. The molecule has 0 aliphatic heterocycles. The summed E-state index contributed by atoms with van der Waals surface area (Å²) in [6.45, 7) is 5.61. The third kappa shape index (κ3) is 3.32. The molecule has 0 amide bonds. The van der Waals surface area contributed by atoms with E-state index in [4.69, 9.17) is 0 Å². The van der Waals surface area contributed by atoms with Gasteiger partial charge in [0.2, 0.25) is 0 Å². The highest BCUT2D eigenvalue weighted by Gasteiger charge is 2.24. The van der Waals surface area contributed by atoms with E-state index >= 15 is 0 Å². The van der Waals surface area contributed by atoms with Crippen LogP contribution in [-0.4, -0.2) is 21.2 Å². The number of pyridine rings is 1. The van der Waals surface area contributed by atoms with Gasteiger partial charge in [-0.3, -0.25) is 10.1 Å². The standard InChI is InChI=1S/C17H24N4/c1-12-5-6-16(8-13(12)2)19-10-15-11-20-21-17(15)14-4-3-7-18-9-14/h3-4,7,9,11-13,16,19H,5-6,8,10H2,1-2H3,(H,20,21). The zero-order chi connectivity index (χ0) is 14.7. The smallest absolute Gasteiger partial charge is 0.0710 e. The molecule has 0 aromatic carbocycles. The Morgan fingerprint density at radius 2 is 2.14 bits per heavy atom. The Hall–Kier alpha value is -1.68. The van der Waals surface area contributed by atoms with Crippen molar-refractivity contribution in [3.05, 3.63) is 36.3 Å². The number of nitrogens with one attached hydrogen (secondary N) is 2. The summed E-state index contributed by atoms with van der Waals surface area (Å²) in [6, 6.07) is 4.65. The molecule has 0 spiro atoms. The highest BCUT2D eigenvalue weighted by Crippen LogP contribution is 2.29. The third-order valence-corrected chi connectivity index (χ3v) is 4.85. The molecule has 2 N–H and O–H groups in total. The number of H-pyrrole nitrogens is 1. The molecule has 1 aliphatic rings. The quantitative estimate of drug-likeness (QED) is 0.905. The fraction of sp³-hybridized carbons (Fsp3) is 0.529. The predicted octanol–water partition coefficient (Wildman–Crippen LogP) is 3.39. The van der Waals surface area contributed by atoms with Crippen LogP contribution in [0.4, 0.5) is 0 Å². The summed E-state index contributed by atoms with van der Waals surface area (Å²) in [6.07, 6.45) is 9.49. The largest absolute Gasteiger partial charge is 0.310 e. The van der Waals surface area contributed by atoms with Crippen LogP contribution in [0.1, 0.15) is 38.7 Å². The molecule has 21 heavy (non-hydrogen) atoms. The minimum atomic E-state index is 0.632. The van der Waals surface area contributed by atoms with Gasteiger partial charge in [0.1, 0.15) is 0 Å². The van der Waals surface area contributed by atoms with Crippen LogP contribution in [0.2, 0.25) is 0 Å². The van der Waals surface area contributed by atoms with Crippen molar-refractivity contribution in [2.75, 3.05) is 0 Å². The second kappa shape index (κ2) is 6.39. The Kier molecular flexibility index (Phi) is 4.34. The van der Waals surface area contributed by atoms with Gasteiger partial charge >= 0.3 is 0 Å². The Morgan fingerprint density at radius 1 is 1.24 bits per heavy atom. The van der Waals surface area contributed by atoms with Crippen molar-refractivity contribution in [1.82, 2.24) is 20.5 Å². The summed E-state index contributed by atoms with van der Waals surface area (Å²) >= 11 is 0. The van der Waals surface area contributed by atoms with Gasteiger partial charge in [-0.25, -0.2) is 0 Å². The van der Waals surface area contributed by atoms with Crippen LogP contribution in [0.25, 0.3) is 11.3 Å². The van der Waals surface area contributed by atoms with Crippen molar-refractivity contribution in [2.45, 2.75) is 45.7 Å². The van der Waals surface area contributed by atoms with Crippen molar-refractivity contribution in [3.8, 4) is 11.3 Å². The summed E-state index contributed by atoms with van der Waals surface area (Å²) in [4.78, 5) is 4.18. The Bertz CT molecular complexity index is 563. The van der Waals surface area contributed by atoms with Crippen molar-refractivity contribution in [1.29, 1.82) is 0 Å². The summed E-state index contributed by atoms with van der Waals surface area (Å²) < 4.78 is 0. The fourth-order valence-electron chi connectivity index (χ4n) is 3.19. The zero-order valence-corrected chi connectivity index (χ0v) is 12.8. The zero-order valence-electron chi connectivity index (χ0n) is 12.8. The first-order chi connectivity index (χ1) is 10.2. The third-order valence-electron chi connectivity index (χ3n) is 4.85. The van der Waals surface area contributed by atoms with Crippen LogP contribution in [0.3, 0.4) is 0 Å². The van der Waals surface area contributed by atoms with E-state index in [1.807, 2.05) is 18.5 Å². The van der Waals surface area contributed by atoms with Crippen molar-refractivity contribution in [2.24, 2.45) is 11.8 Å². The molecular weight excluding hydrogens is 260 g/mol. The van der Waals surface area contributed by atoms with Crippen LogP contribution in [0, 0.1) is 11.8 Å². The van der Waals surface area contributed by atoms with Gasteiger partial charge in [-0.2, -0.15) is 5.10 Å². The lowest BCUT2D eigenvalue weighted by molar-refractivity contribution is 0.225. The topological polar surface area (TPSA) is 53.6 Å². The average Bonchev–Trinajstić information content (AvgIpc) is 2.98. The van der Waals surface area contributed by atoms with Crippen LogP contribution in [0.5, 0.6) is 0 Å². The lowest BCUT2D eigenvalue weighted by Crippen LogP contribution is -2.35. The molecule has 2 heterocycles. The summed E-state index contributed by atoms with van der Waals surface area (Å²) in [5.74, 6) is 1.68. The first kappa shape index (κ1) is 14.3. The molecule has 4 heteroatoms. The Labute approximate surface area is 126 Å². The van der Waals surface area contributed by atoms with Gasteiger partial charge in [-0.15, -0.1) is 0 Å². The highest BCUT2D eigenvalue weighted by atomic mass is 15.1. The van der Waals surface area contributed by atoms with Gasteiger partial charge in [0, 0.05) is 36.1 Å². The van der Waals surface area contributed by atoms with E-state index in [2.05, 4.69) is 40.4 Å². The second-order valence-corrected chi connectivity index (χ2v) is 6.36. The van der Waals surface area contributed by atoms with E-state index in [-0.39, 0.29) is 0 Å². The molecule has 3 unspecified atom stereocenters.